The van der Waals surface area contributed by atoms with Gasteiger partial charge in [-0.2, -0.15) is 5.10 Å². The van der Waals surface area contributed by atoms with Crippen LogP contribution >= 0.6 is 0 Å². The van der Waals surface area contributed by atoms with Crippen molar-refractivity contribution >= 4 is 34.1 Å². The highest BCUT2D eigenvalue weighted by Gasteiger charge is 2.31. The average Bonchev–Trinajstić information content (AvgIpc) is 3.56. The lowest BCUT2D eigenvalue weighted by Gasteiger charge is -2.17. The summed E-state index contributed by atoms with van der Waals surface area (Å²) in [5, 5.41) is 7.37. The van der Waals surface area contributed by atoms with Gasteiger partial charge in [0.15, 0.2) is 11.5 Å². The highest BCUT2D eigenvalue weighted by Crippen LogP contribution is 2.31. The first-order chi connectivity index (χ1) is 17.5. The first kappa shape index (κ1) is 22.0. The minimum Gasteiger partial charge on any atom is -0.457 e. The molecule has 6 rings (SSSR count). The number of halogens is 2. The van der Waals surface area contributed by atoms with Gasteiger partial charge in [-0.1, -0.05) is 0 Å². The highest BCUT2D eigenvalue weighted by atomic mass is 19.3. The zero-order valence-electron chi connectivity index (χ0n) is 19.2. The molecule has 1 atom stereocenters. The van der Waals surface area contributed by atoms with Gasteiger partial charge in [-0.25, -0.2) is 38.2 Å². The second-order valence-corrected chi connectivity index (χ2v) is 8.59. The molecule has 0 unspecified atom stereocenters. The molecule has 0 saturated carbocycles. The summed E-state index contributed by atoms with van der Waals surface area (Å²) >= 11 is 0. The molecule has 0 bridgehead atoms. The molecule has 0 radical (unpaired) electrons. The van der Waals surface area contributed by atoms with E-state index in [-0.39, 0.29) is 6.54 Å². The van der Waals surface area contributed by atoms with Gasteiger partial charge in [-0.3, -0.25) is 0 Å². The van der Waals surface area contributed by atoms with E-state index < -0.39 is 12.3 Å². The van der Waals surface area contributed by atoms with E-state index in [1.54, 1.807) is 21.8 Å². The quantitative estimate of drug-likeness (QED) is 0.371. The fourth-order valence-electron chi connectivity index (χ4n) is 4.23. The molecule has 4 aromatic heterocycles. The lowest BCUT2D eigenvalue weighted by Crippen LogP contribution is -2.24. The molecule has 0 aliphatic carbocycles. The predicted molar refractivity (Wildman–Crippen MR) is 129 cm³/mol. The third-order valence-corrected chi connectivity index (χ3v) is 6.15. The summed E-state index contributed by atoms with van der Waals surface area (Å²) in [7, 11) is 0. The van der Waals surface area contributed by atoms with E-state index in [9.17, 15) is 8.78 Å². The zero-order valence-corrected chi connectivity index (χ0v) is 19.2. The van der Waals surface area contributed by atoms with E-state index in [1.165, 1.54) is 12.7 Å². The van der Waals surface area contributed by atoms with Crippen molar-refractivity contribution in [3.63, 3.8) is 0 Å². The highest BCUT2D eigenvalue weighted by molar-refractivity contribution is 5.87. The Morgan fingerprint density at radius 1 is 1.08 bits per heavy atom. The number of aromatic nitrogens is 7. The molecule has 1 fully saturated rings. The predicted octanol–water partition coefficient (Wildman–Crippen LogP) is 4.40. The van der Waals surface area contributed by atoms with Crippen LogP contribution in [-0.2, 0) is 0 Å². The third kappa shape index (κ3) is 4.21. The van der Waals surface area contributed by atoms with Crippen molar-refractivity contribution in [3.05, 3.63) is 60.9 Å². The fraction of sp³-hybridized carbons (Fsp3) is 0.250. The minimum atomic E-state index is -2.35. The summed E-state index contributed by atoms with van der Waals surface area (Å²) in [5.41, 5.74) is 3.46. The summed E-state index contributed by atoms with van der Waals surface area (Å²) in [6, 6.07) is 9.31. The van der Waals surface area contributed by atoms with Crippen molar-refractivity contribution in [1.82, 2.24) is 34.5 Å². The molecule has 1 aliphatic rings. The van der Waals surface area contributed by atoms with Gasteiger partial charge >= 0.3 is 0 Å². The number of hydrogen-bond acceptors (Lipinski definition) is 9. The molecule has 5 aromatic rings. The number of nitrogens with zero attached hydrogens (tertiary/aromatic N) is 8. The van der Waals surface area contributed by atoms with Crippen molar-refractivity contribution in [1.29, 1.82) is 0 Å². The number of pyridine rings is 1. The molecule has 0 amide bonds. The standard InChI is InChI=1S/C24H21F2N9O/c1-14-8-16(2-3-19(14)36-17-5-7-35-20(9-17)29-13-31-35)32-23-21-18(28-12-30-23)10-27-24(33-21)34-6-4-15(11-34)22(25)26/h2-3,5,7-10,12-13,15,22H,4,6,11H2,1H3,(H,28,30,32)/t15-/m1/s1. The van der Waals surface area contributed by atoms with Crippen LogP contribution in [0.25, 0.3) is 16.7 Å². The van der Waals surface area contributed by atoms with Gasteiger partial charge < -0.3 is 15.0 Å². The first-order valence-corrected chi connectivity index (χ1v) is 11.4. The molecule has 0 spiro atoms. The van der Waals surface area contributed by atoms with Gasteiger partial charge in [-0.15, -0.1) is 0 Å². The molecule has 1 aliphatic heterocycles. The van der Waals surface area contributed by atoms with Crippen molar-refractivity contribution in [2.24, 2.45) is 5.92 Å². The lowest BCUT2D eigenvalue weighted by atomic mass is 10.1. The van der Waals surface area contributed by atoms with Crippen molar-refractivity contribution in [3.8, 4) is 11.5 Å². The number of nitrogens with one attached hydrogen (secondary N) is 1. The number of benzene rings is 1. The van der Waals surface area contributed by atoms with E-state index in [2.05, 4.69) is 35.3 Å². The second kappa shape index (κ2) is 8.95. The van der Waals surface area contributed by atoms with E-state index in [4.69, 9.17) is 4.74 Å². The summed E-state index contributed by atoms with van der Waals surface area (Å²) in [5.74, 6) is 1.58. The normalized spacial score (nSPS) is 15.8. The summed E-state index contributed by atoms with van der Waals surface area (Å²) in [4.78, 5) is 23.5. The fourth-order valence-corrected chi connectivity index (χ4v) is 4.23. The first-order valence-electron chi connectivity index (χ1n) is 11.4. The molecule has 1 N–H and O–H groups in total. The minimum absolute atomic E-state index is 0.226. The van der Waals surface area contributed by atoms with Gasteiger partial charge in [-0.05, 0) is 43.2 Å². The van der Waals surface area contributed by atoms with Crippen LogP contribution in [0.3, 0.4) is 0 Å². The smallest absolute Gasteiger partial charge is 0.243 e. The number of fused-ring (bicyclic) bond motifs is 2. The monoisotopic (exact) mass is 489 g/mol. The summed E-state index contributed by atoms with van der Waals surface area (Å²) in [6.07, 6.45) is 4.36. The number of ether oxygens (including phenoxy) is 1. The Morgan fingerprint density at radius 2 is 2.00 bits per heavy atom. The molecular formula is C24H21F2N9O. The van der Waals surface area contributed by atoms with Gasteiger partial charge in [0, 0.05) is 37.0 Å². The Balaban J connectivity index is 1.24. The Morgan fingerprint density at radius 3 is 2.83 bits per heavy atom. The van der Waals surface area contributed by atoms with E-state index in [0.717, 1.165) is 11.3 Å². The second-order valence-electron chi connectivity index (χ2n) is 8.59. The zero-order chi connectivity index (χ0) is 24.6. The van der Waals surface area contributed by atoms with Gasteiger partial charge in [0.1, 0.15) is 35.2 Å². The maximum atomic E-state index is 13.1. The van der Waals surface area contributed by atoms with Crippen molar-refractivity contribution < 1.29 is 13.5 Å². The van der Waals surface area contributed by atoms with Crippen LogP contribution in [0.15, 0.2) is 55.4 Å². The number of hydrogen-bond donors (Lipinski definition) is 1. The maximum Gasteiger partial charge on any atom is 0.243 e. The molecule has 36 heavy (non-hydrogen) atoms. The Kier molecular flexibility index (Phi) is 5.47. The summed E-state index contributed by atoms with van der Waals surface area (Å²) < 4.78 is 33.9. The van der Waals surface area contributed by atoms with Crippen molar-refractivity contribution in [2.75, 3.05) is 23.3 Å². The molecule has 12 heteroatoms. The lowest BCUT2D eigenvalue weighted by molar-refractivity contribution is 0.0879. The molecule has 182 valence electrons. The van der Waals surface area contributed by atoms with E-state index in [0.29, 0.717) is 52.9 Å². The maximum absolute atomic E-state index is 13.1. The van der Waals surface area contributed by atoms with Gasteiger partial charge in [0.05, 0.1) is 6.20 Å². The number of alkyl halides is 2. The number of anilines is 3. The Bertz CT molecular complexity index is 1560. The number of aryl methyl sites for hydroxylation is 1. The topological polar surface area (TPSA) is 106 Å². The van der Waals surface area contributed by atoms with Gasteiger partial charge in [0.25, 0.3) is 0 Å². The molecule has 1 aromatic carbocycles. The molecule has 10 nitrogen and oxygen atoms in total. The molecular weight excluding hydrogens is 468 g/mol. The van der Waals surface area contributed by atoms with Crippen LogP contribution in [-0.4, -0.2) is 54.0 Å². The SMILES string of the molecule is Cc1cc(Nc2ncnc3cnc(N4CC[C@@H](C(F)F)C4)nc23)ccc1Oc1ccn2ncnc2c1. The van der Waals surface area contributed by atoms with Crippen LogP contribution in [0, 0.1) is 12.8 Å². The van der Waals surface area contributed by atoms with Crippen molar-refractivity contribution in [2.45, 2.75) is 19.8 Å². The van der Waals surface area contributed by atoms with Crippen LogP contribution < -0.4 is 15.0 Å². The van der Waals surface area contributed by atoms with E-state index >= 15 is 0 Å². The van der Waals surface area contributed by atoms with Crippen LogP contribution in [0.4, 0.5) is 26.2 Å². The Labute approximate surface area is 204 Å². The van der Waals surface area contributed by atoms with E-state index in [1.807, 2.05) is 37.3 Å². The van der Waals surface area contributed by atoms with Gasteiger partial charge in [0.2, 0.25) is 12.4 Å². The largest absolute Gasteiger partial charge is 0.457 e. The molecule has 5 heterocycles. The van der Waals surface area contributed by atoms with Crippen LogP contribution in [0.1, 0.15) is 12.0 Å². The average molecular weight is 489 g/mol. The summed E-state index contributed by atoms with van der Waals surface area (Å²) in [6.45, 7) is 2.66. The van der Waals surface area contributed by atoms with Crippen LogP contribution in [0.2, 0.25) is 0 Å². The number of rotatable bonds is 6. The van der Waals surface area contributed by atoms with Crippen LogP contribution in [0.5, 0.6) is 11.5 Å². The molecule has 1 saturated heterocycles. The third-order valence-electron chi connectivity index (χ3n) is 6.15. The Hall–Kier alpha value is -4.48.